The highest BCUT2D eigenvalue weighted by molar-refractivity contribution is 5.94. The molecular weight excluding hydrogens is 368 g/mol. The van der Waals surface area contributed by atoms with E-state index in [1.54, 1.807) is 63.1 Å². The minimum Gasteiger partial charge on any atom is -0.497 e. The second-order valence-corrected chi connectivity index (χ2v) is 6.49. The lowest BCUT2D eigenvalue weighted by Crippen LogP contribution is -2.29. The smallest absolute Gasteiger partial charge is 0.255 e. The van der Waals surface area contributed by atoms with Crippen molar-refractivity contribution in [2.75, 3.05) is 33.1 Å². The van der Waals surface area contributed by atoms with Gasteiger partial charge in [-0.15, -0.1) is 0 Å². The summed E-state index contributed by atoms with van der Waals surface area (Å²) >= 11 is 0. The van der Waals surface area contributed by atoms with Crippen LogP contribution < -0.4 is 14.8 Å². The van der Waals surface area contributed by atoms with Crippen LogP contribution in [0.3, 0.4) is 0 Å². The molecule has 0 aliphatic heterocycles. The van der Waals surface area contributed by atoms with Crippen LogP contribution in [0.5, 0.6) is 11.5 Å². The number of nitrogens with zero attached hydrogens (tertiary/aromatic N) is 3. The third-order valence-corrected chi connectivity index (χ3v) is 4.50. The molecule has 0 spiro atoms. The Hall–Kier alpha value is -3.61. The van der Waals surface area contributed by atoms with Crippen molar-refractivity contribution in [3.63, 3.8) is 0 Å². The van der Waals surface area contributed by atoms with Gasteiger partial charge in [0, 0.05) is 38.2 Å². The Kier molecular flexibility index (Phi) is 6.63. The predicted octanol–water partition coefficient (Wildman–Crippen LogP) is 3.55. The van der Waals surface area contributed by atoms with Crippen LogP contribution in [-0.2, 0) is 6.42 Å². The number of hydrogen-bond donors (Lipinski definition) is 1. The van der Waals surface area contributed by atoms with Gasteiger partial charge in [-0.2, -0.15) is 0 Å². The molecule has 7 nitrogen and oxygen atoms in total. The highest BCUT2D eigenvalue weighted by Gasteiger charge is 2.13. The summed E-state index contributed by atoms with van der Waals surface area (Å²) in [6.45, 7) is 0.604. The third kappa shape index (κ3) is 5.22. The molecule has 2 heterocycles. The van der Waals surface area contributed by atoms with Gasteiger partial charge in [-0.3, -0.25) is 14.8 Å². The fourth-order valence-corrected chi connectivity index (χ4v) is 2.85. The summed E-state index contributed by atoms with van der Waals surface area (Å²) < 4.78 is 10.6. The summed E-state index contributed by atoms with van der Waals surface area (Å²) in [5.41, 5.74) is 3.10. The second-order valence-electron chi connectivity index (χ2n) is 6.49. The number of hydrogen-bond acceptors (Lipinski definition) is 6. The van der Waals surface area contributed by atoms with Crippen LogP contribution in [0.4, 0.5) is 11.4 Å². The number of benzene rings is 1. The predicted molar refractivity (Wildman–Crippen MR) is 112 cm³/mol. The Bertz CT molecular complexity index is 963. The monoisotopic (exact) mass is 392 g/mol. The van der Waals surface area contributed by atoms with Crippen LogP contribution in [-0.4, -0.2) is 48.6 Å². The Morgan fingerprint density at radius 2 is 1.83 bits per heavy atom. The first-order chi connectivity index (χ1) is 14.1. The lowest BCUT2D eigenvalue weighted by atomic mass is 10.2. The Labute approximate surface area is 170 Å². The minimum atomic E-state index is -0.0862. The van der Waals surface area contributed by atoms with Gasteiger partial charge in [0.25, 0.3) is 5.91 Å². The zero-order valence-electron chi connectivity index (χ0n) is 16.8. The first-order valence-corrected chi connectivity index (χ1v) is 9.19. The molecule has 1 amide bonds. The quantitative estimate of drug-likeness (QED) is 0.632. The number of amides is 1. The molecule has 0 saturated heterocycles. The van der Waals surface area contributed by atoms with Crippen LogP contribution in [0.2, 0.25) is 0 Å². The first-order valence-electron chi connectivity index (χ1n) is 9.19. The summed E-state index contributed by atoms with van der Waals surface area (Å²) in [5, 5.41) is 3.25. The fraction of sp³-hybridized carbons (Fsp3) is 0.227. The summed E-state index contributed by atoms with van der Waals surface area (Å²) in [4.78, 5) is 22.7. The maximum absolute atomic E-state index is 12.8. The van der Waals surface area contributed by atoms with Gasteiger partial charge < -0.3 is 19.7 Å². The van der Waals surface area contributed by atoms with E-state index >= 15 is 0 Å². The van der Waals surface area contributed by atoms with Crippen LogP contribution >= 0.6 is 0 Å². The van der Waals surface area contributed by atoms with E-state index in [1.807, 2.05) is 24.3 Å². The van der Waals surface area contributed by atoms with E-state index in [0.29, 0.717) is 29.3 Å². The van der Waals surface area contributed by atoms with Crippen molar-refractivity contribution in [2.24, 2.45) is 0 Å². The number of rotatable bonds is 8. The lowest BCUT2D eigenvalue weighted by molar-refractivity contribution is 0.0796. The van der Waals surface area contributed by atoms with E-state index in [9.17, 15) is 4.79 Å². The minimum absolute atomic E-state index is 0.0862. The molecule has 7 heteroatoms. The van der Waals surface area contributed by atoms with Crippen molar-refractivity contribution in [1.29, 1.82) is 0 Å². The molecule has 0 aliphatic rings. The average molecular weight is 392 g/mol. The number of carbonyl (C=O) groups is 1. The van der Waals surface area contributed by atoms with Crippen molar-refractivity contribution in [3.8, 4) is 11.5 Å². The van der Waals surface area contributed by atoms with Crippen molar-refractivity contribution in [3.05, 3.63) is 72.3 Å². The Morgan fingerprint density at radius 3 is 2.55 bits per heavy atom. The van der Waals surface area contributed by atoms with Gasteiger partial charge in [0.2, 0.25) is 0 Å². The number of likely N-dealkylation sites (N-methyl/N-ethyl adjacent to an activating group) is 1. The molecule has 3 aromatic rings. The number of aromatic nitrogens is 2. The molecule has 3 rings (SSSR count). The Morgan fingerprint density at radius 1 is 1.03 bits per heavy atom. The van der Waals surface area contributed by atoms with Crippen molar-refractivity contribution < 1.29 is 14.3 Å². The molecule has 1 N–H and O–H groups in total. The summed E-state index contributed by atoms with van der Waals surface area (Å²) in [5.74, 6) is 1.25. The molecule has 0 atom stereocenters. The van der Waals surface area contributed by atoms with Gasteiger partial charge in [0.05, 0.1) is 37.4 Å². The van der Waals surface area contributed by atoms with E-state index in [4.69, 9.17) is 9.47 Å². The van der Waals surface area contributed by atoms with Gasteiger partial charge in [0.15, 0.2) is 0 Å². The zero-order valence-corrected chi connectivity index (χ0v) is 16.8. The van der Waals surface area contributed by atoms with Crippen LogP contribution in [0.25, 0.3) is 0 Å². The SMILES string of the molecule is COc1ccc(Nc2cncc(C(=O)N(C)CCc3ccncc3)c2)c(OC)c1. The van der Waals surface area contributed by atoms with Gasteiger partial charge in [-0.05, 0) is 42.3 Å². The van der Waals surface area contributed by atoms with Crippen molar-refractivity contribution in [2.45, 2.75) is 6.42 Å². The number of nitrogens with one attached hydrogen (secondary N) is 1. The molecule has 2 aromatic heterocycles. The van der Waals surface area contributed by atoms with Gasteiger partial charge in [-0.1, -0.05) is 0 Å². The molecule has 0 saturated carbocycles. The van der Waals surface area contributed by atoms with Crippen molar-refractivity contribution >= 4 is 17.3 Å². The summed E-state index contributed by atoms with van der Waals surface area (Å²) in [6.07, 6.45) is 7.51. The zero-order chi connectivity index (χ0) is 20.6. The van der Waals surface area contributed by atoms with E-state index in [-0.39, 0.29) is 5.91 Å². The highest BCUT2D eigenvalue weighted by atomic mass is 16.5. The van der Waals surface area contributed by atoms with E-state index in [2.05, 4.69) is 15.3 Å². The molecule has 1 aromatic carbocycles. The molecule has 0 unspecified atom stereocenters. The standard InChI is InChI=1S/C22H24N4O3/c1-26(11-8-16-6-9-23-10-7-16)22(27)17-12-18(15-24-14-17)25-20-5-4-19(28-2)13-21(20)29-3/h4-7,9-10,12-15,25H,8,11H2,1-3H3. The summed E-state index contributed by atoms with van der Waals surface area (Å²) in [7, 11) is 4.98. The lowest BCUT2D eigenvalue weighted by Gasteiger charge is -2.18. The molecule has 150 valence electrons. The average Bonchev–Trinajstić information content (AvgIpc) is 2.78. The number of ether oxygens (including phenoxy) is 2. The van der Waals surface area contributed by atoms with Gasteiger partial charge >= 0.3 is 0 Å². The number of pyridine rings is 2. The van der Waals surface area contributed by atoms with Gasteiger partial charge in [-0.25, -0.2) is 0 Å². The third-order valence-electron chi connectivity index (χ3n) is 4.50. The fourth-order valence-electron chi connectivity index (χ4n) is 2.85. The largest absolute Gasteiger partial charge is 0.497 e. The Balaban J connectivity index is 1.69. The van der Waals surface area contributed by atoms with Crippen LogP contribution in [0, 0.1) is 0 Å². The van der Waals surface area contributed by atoms with E-state index < -0.39 is 0 Å². The second kappa shape index (κ2) is 9.54. The van der Waals surface area contributed by atoms with Crippen LogP contribution in [0.15, 0.2) is 61.2 Å². The first kappa shape index (κ1) is 20.1. The number of anilines is 2. The van der Waals surface area contributed by atoms with E-state index in [1.165, 1.54) is 0 Å². The van der Waals surface area contributed by atoms with E-state index in [0.717, 1.165) is 17.7 Å². The molecule has 0 bridgehead atoms. The summed E-state index contributed by atoms with van der Waals surface area (Å²) in [6, 6.07) is 11.2. The molecule has 0 aliphatic carbocycles. The maximum Gasteiger partial charge on any atom is 0.255 e. The molecule has 29 heavy (non-hydrogen) atoms. The molecule has 0 radical (unpaired) electrons. The molecular formula is C22H24N4O3. The van der Waals surface area contributed by atoms with Gasteiger partial charge in [0.1, 0.15) is 11.5 Å². The van der Waals surface area contributed by atoms with Crippen LogP contribution in [0.1, 0.15) is 15.9 Å². The highest BCUT2D eigenvalue weighted by Crippen LogP contribution is 2.31. The number of methoxy groups -OCH3 is 2. The molecule has 0 fully saturated rings. The number of carbonyl (C=O) groups excluding carboxylic acids is 1. The topological polar surface area (TPSA) is 76.6 Å². The normalized spacial score (nSPS) is 10.3. The van der Waals surface area contributed by atoms with Crippen molar-refractivity contribution in [1.82, 2.24) is 14.9 Å². The maximum atomic E-state index is 12.8.